The van der Waals surface area contributed by atoms with Crippen molar-refractivity contribution in [2.45, 2.75) is 13.8 Å². The number of carbonyl (C=O) groups is 2. The van der Waals surface area contributed by atoms with Crippen LogP contribution in [0.25, 0.3) is 0 Å². The monoisotopic (exact) mass is 222 g/mol. The number of allylic oxidation sites excluding steroid dienone is 4. The minimum absolute atomic E-state index is 0.147. The third-order valence-electron chi connectivity index (χ3n) is 1.63. The molecule has 0 aromatic carbocycles. The number of carbonyl (C=O) groups excluding carboxylic acids is 1. The number of carboxylic acid groups (broad SMARTS) is 1. The number of hydrogen-bond donors (Lipinski definition) is 1. The van der Waals surface area contributed by atoms with Gasteiger partial charge in [0.1, 0.15) is 0 Å². The van der Waals surface area contributed by atoms with E-state index in [9.17, 15) is 9.59 Å². The molecule has 16 heavy (non-hydrogen) atoms. The largest absolute Gasteiger partial charge is 0.478 e. The summed E-state index contributed by atoms with van der Waals surface area (Å²) >= 11 is 0. The molecule has 0 spiro atoms. The highest BCUT2D eigenvalue weighted by Gasteiger charge is 2.03. The van der Waals surface area contributed by atoms with E-state index in [2.05, 4.69) is 6.58 Å². The summed E-state index contributed by atoms with van der Waals surface area (Å²) in [6.45, 7) is 6.39. The molecule has 0 saturated carbocycles. The van der Waals surface area contributed by atoms with Gasteiger partial charge in [-0.3, -0.25) is 0 Å². The molecule has 1 N–H and O–H groups in total. The van der Waals surface area contributed by atoms with Crippen LogP contribution < -0.4 is 0 Å². The number of hydrogen-bond acceptors (Lipinski definition) is 3. The van der Waals surface area contributed by atoms with Crippen LogP contribution in [0.5, 0.6) is 0 Å². The van der Waals surface area contributed by atoms with Crippen LogP contribution in [0.15, 0.2) is 48.3 Å². The first kappa shape index (κ1) is 13.9. The lowest BCUT2D eigenvalue weighted by atomic mass is 10.2. The van der Waals surface area contributed by atoms with E-state index < -0.39 is 11.9 Å². The van der Waals surface area contributed by atoms with Gasteiger partial charge in [0.2, 0.25) is 0 Å². The van der Waals surface area contributed by atoms with Crippen molar-refractivity contribution in [1.82, 2.24) is 0 Å². The molecular formula is C12H14O4. The average Bonchev–Trinajstić information content (AvgIpc) is 2.25. The van der Waals surface area contributed by atoms with Gasteiger partial charge in [-0.05, 0) is 19.9 Å². The first-order valence-electron chi connectivity index (χ1n) is 4.56. The molecule has 0 aromatic rings. The second-order valence-corrected chi connectivity index (χ2v) is 2.97. The van der Waals surface area contributed by atoms with Gasteiger partial charge in [0.15, 0.2) is 0 Å². The number of rotatable bonds is 5. The first-order chi connectivity index (χ1) is 7.49. The van der Waals surface area contributed by atoms with Crippen LogP contribution in [-0.4, -0.2) is 17.0 Å². The summed E-state index contributed by atoms with van der Waals surface area (Å²) in [7, 11) is 0. The molecule has 4 heteroatoms. The van der Waals surface area contributed by atoms with E-state index in [0.717, 1.165) is 0 Å². The topological polar surface area (TPSA) is 63.6 Å². The quantitative estimate of drug-likeness (QED) is 0.335. The fourth-order valence-corrected chi connectivity index (χ4v) is 0.639. The lowest BCUT2D eigenvalue weighted by Gasteiger charge is -1.97. The predicted molar refractivity (Wildman–Crippen MR) is 60.6 cm³/mol. The third kappa shape index (κ3) is 5.59. The fourth-order valence-electron chi connectivity index (χ4n) is 0.639. The van der Waals surface area contributed by atoms with Gasteiger partial charge >= 0.3 is 11.9 Å². The zero-order chi connectivity index (χ0) is 12.6. The molecule has 0 aliphatic heterocycles. The van der Waals surface area contributed by atoms with Crippen LogP contribution in [0.1, 0.15) is 13.8 Å². The van der Waals surface area contributed by atoms with Crippen LogP contribution in [-0.2, 0) is 14.3 Å². The normalized spacial score (nSPS) is 12.6. The molecule has 0 bridgehead atoms. The van der Waals surface area contributed by atoms with E-state index in [0.29, 0.717) is 5.57 Å². The summed E-state index contributed by atoms with van der Waals surface area (Å²) in [5.41, 5.74) is 0.461. The highest BCUT2D eigenvalue weighted by molar-refractivity contribution is 5.90. The molecule has 0 rings (SSSR count). The lowest BCUT2D eigenvalue weighted by Crippen LogP contribution is -2.01. The second-order valence-electron chi connectivity index (χ2n) is 2.97. The van der Waals surface area contributed by atoms with Gasteiger partial charge < -0.3 is 9.84 Å². The number of ether oxygens (including phenoxy) is 1. The Morgan fingerprint density at radius 2 is 1.75 bits per heavy atom. The molecule has 4 nitrogen and oxygen atoms in total. The molecule has 86 valence electrons. The average molecular weight is 222 g/mol. The standard InChI is InChI=1S/C12H14O4/c1-4-5-8-16-12(15)10(3)7-6-9(2)11(13)14/h4-8H,1H2,2-3H3,(H,13,14). The van der Waals surface area contributed by atoms with E-state index in [-0.39, 0.29) is 5.57 Å². The predicted octanol–water partition coefficient (Wildman–Crippen LogP) is 2.21. The van der Waals surface area contributed by atoms with Crippen molar-refractivity contribution in [3.63, 3.8) is 0 Å². The fraction of sp³-hybridized carbons (Fsp3) is 0.167. The van der Waals surface area contributed by atoms with Crippen LogP contribution in [0, 0.1) is 0 Å². The van der Waals surface area contributed by atoms with Crippen LogP contribution in [0.2, 0.25) is 0 Å². The molecule has 0 saturated heterocycles. The van der Waals surface area contributed by atoms with Gasteiger partial charge in [0.25, 0.3) is 0 Å². The Morgan fingerprint density at radius 3 is 2.25 bits per heavy atom. The van der Waals surface area contributed by atoms with E-state index in [4.69, 9.17) is 9.84 Å². The second kappa shape index (κ2) is 7.23. The minimum Gasteiger partial charge on any atom is -0.478 e. The Balaban J connectivity index is 4.49. The van der Waals surface area contributed by atoms with Gasteiger partial charge in [-0.15, -0.1) is 0 Å². The molecule has 0 amide bonds. The third-order valence-corrected chi connectivity index (χ3v) is 1.63. The Hall–Kier alpha value is -2.10. The van der Waals surface area contributed by atoms with Gasteiger partial charge in [0, 0.05) is 11.1 Å². The molecule has 0 aliphatic rings. The van der Waals surface area contributed by atoms with Crippen molar-refractivity contribution in [3.8, 4) is 0 Å². The molecule has 0 aliphatic carbocycles. The molecular weight excluding hydrogens is 208 g/mol. The molecule has 0 unspecified atom stereocenters. The first-order valence-corrected chi connectivity index (χ1v) is 4.56. The number of esters is 1. The van der Waals surface area contributed by atoms with Crippen molar-refractivity contribution in [2.75, 3.05) is 0 Å². The summed E-state index contributed by atoms with van der Waals surface area (Å²) in [6, 6.07) is 0. The zero-order valence-corrected chi connectivity index (χ0v) is 9.27. The van der Waals surface area contributed by atoms with E-state index >= 15 is 0 Å². The van der Waals surface area contributed by atoms with Crippen LogP contribution >= 0.6 is 0 Å². The van der Waals surface area contributed by atoms with E-state index in [1.54, 1.807) is 0 Å². The van der Waals surface area contributed by atoms with Gasteiger partial charge in [-0.2, -0.15) is 0 Å². The Morgan fingerprint density at radius 1 is 1.19 bits per heavy atom. The zero-order valence-electron chi connectivity index (χ0n) is 9.27. The molecule has 0 atom stereocenters. The van der Waals surface area contributed by atoms with Crippen molar-refractivity contribution >= 4 is 11.9 Å². The molecule has 0 radical (unpaired) electrons. The molecule has 0 heterocycles. The van der Waals surface area contributed by atoms with Crippen molar-refractivity contribution in [2.24, 2.45) is 0 Å². The highest BCUT2D eigenvalue weighted by Crippen LogP contribution is 2.00. The van der Waals surface area contributed by atoms with Crippen molar-refractivity contribution < 1.29 is 19.4 Å². The summed E-state index contributed by atoms with van der Waals surface area (Å²) < 4.78 is 4.70. The summed E-state index contributed by atoms with van der Waals surface area (Å²) in [5.74, 6) is -1.56. The number of aliphatic carboxylic acids is 1. The SMILES string of the molecule is C=CC=COC(=O)C(C)=CC=C(C)C(=O)O. The lowest BCUT2D eigenvalue weighted by molar-refractivity contribution is -0.134. The summed E-state index contributed by atoms with van der Waals surface area (Å²) in [6.07, 6.45) is 6.90. The summed E-state index contributed by atoms with van der Waals surface area (Å²) in [4.78, 5) is 21.7. The molecule has 0 aromatic heterocycles. The van der Waals surface area contributed by atoms with Gasteiger partial charge in [0.05, 0.1) is 6.26 Å². The van der Waals surface area contributed by atoms with Crippen LogP contribution in [0.4, 0.5) is 0 Å². The molecule has 0 fully saturated rings. The maximum atomic E-state index is 11.2. The maximum absolute atomic E-state index is 11.2. The minimum atomic E-state index is -1.02. The van der Waals surface area contributed by atoms with Gasteiger partial charge in [-0.1, -0.05) is 24.8 Å². The number of carboxylic acids is 1. The maximum Gasteiger partial charge on any atom is 0.338 e. The van der Waals surface area contributed by atoms with Crippen molar-refractivity contribution in [3.05, 3.63) is 48.3 Å². The Labute approximate surface area is 94.2 Å². The highest BCUT2D eigenvalue weighted by atomic mass is 16.5. The Kier molecular flexibility index (Phi) is 6.28. The van der Waals surface area contributed by atoms with E-state index in [1.165, 1.54) is 44.4 Å². The van der Waals surface area contributed by atoms with Gasteiger partial charge in [-0.25, -0.2) is 9.59 Å². The van der Waals surface area contributed by atoms with Crippen LogP contribution in [0.3, 0.4) is 0 Å². The smallest absolute Gasteiger partial charge is 0.338 e. The Bertz CT molecular complexity index is 372. The summed E-state index contributed by atoms with van der Waals surface area (Å²) in [5, 5.41) is 8.57. The van der Waals surface area contributed by atoms with Crippen molar-refractivity contribution in [1.29, 1.82) is 0 Å². The van der Waals surface area contributed by atoms with E-state index in [1.807, 2.05) is 0 Å².